The quantitative estimate of drug-likeness (QED) is 0.442. The van der Waals surface area contributed by atoms with Gasteiger partial charge >= 0.3 is 0 Å². The fraction of sp³-hybridized carbons (Fsp3) is 0.692. The van der Waals surface area contributed by atoms with Crippen LogP contribution in [0.2, 0.25) is 0 Å². The van der Waals surface area contributed by atoms with Crippen molar-refractivity contribution in [3.63, 3.8) is 0 Å². The minimum atomic E-state index is 0. The van der Waals surface area contributed by atoms with Gasteiger partial charge in [-0.15, -0.1) is 35.3 Å². The highest BCUT2D eigenvalue weighted by atomic mass is 127. The van der Waals surface area contributed by atoms with Crippen molar-refractivity contribution in [1.29, 1.82) is 0 Å². The lowest BCUT2D eigenvalue weighted by atomic mass is 10.2. The van der Waals surface area contributed by atoms with Gasteiger partial charge in [0.1, 0.15) is 0 Å². The number of rotatable bonds is 6. The van der Waals surface area contributed by atoms with E-state index in [0.717, 1.165) is 37.7 Å². The van der Waals surface area contributed by atoms with Crippen molar-refractivity contribution in [3.05, 3.63) is 16.1 Å². The first kappa shape index (κ1) is 18.6. The largest absolute Gasteiger partial charge is 0.357 e. The molecule has 19 heavy (non-hydrogen) atoms. The van der Waals surface area contributed by atoms with E-state index < -0.39 is 0 Å². The molecular formula is C13H25IN4S. The standard InChI is InChI=1S/C13H24N4S.HI/c1-5-14-13(15-6-2)16-8-7-11-9-18-12(17-11)10(3)4;/h9-10H,5-8H2,1-4H3,(H2,14,15,16);1H. The third-order valence-electron chi connectivity index (χ3n) is 2.39. The van der Waals surface area contributed by atoms with Crippen molar-refractivity contribution < 1.29 is 0 Å². The molecule has 0 bridgehead atoms. The maximum atomic E-state index is 4.61. The fourth-order valence-electron chi connectivity index (χ4n) is 1.49. The minimum absolute atomic E-state index is 0. The molecule has 1 rings (SSSR count). The highest BCUT2D eigenvalue weighted by Gasteiger charge is 2.05. The Hall–Kier alpha value is -0.370. The van der Waals surface area contributed by atoms with Crippen LogP contribution in [-0.2, 0) is 6.42 Å². The first-order valence-corrected chi connectivity index (χ1v) is 7.51. The second-order valence-corrected chi connectivity index (χ2v) is 5.26. The maximum absolute atomic E-state index is 4.61. The van der Waals surface area contributed by atoms with Crippen LogP contribution in [0, 0.1) is 0 Å². The number of aromatic nitrogens is 1. The summed E-state index contributed by atoms with van der Waals surface area (Å²) < 4.78 is 0. The number of hydrogen-bond donors (Lipinski definition) is 2. The summed E-state index contributed by atoms with van der Waals surface area (Å²) in [5.74, 6) is 1.41. The Balaban J connectivity index is 0.00000324. The molecule has 0 aliphatic rings. The van der Waals surface area contributed by atoms with Crippen molar-refractivity contribution in [2.75, 3.05) is 19.6 Å². The number of halogens is 1. The van der Waals surface area contributed by atoms with Gasteiger partial charge in [0.2, 0.25) is 0 Å². The van der Waals surface area contributed by atoms with Gasteiger partial charge in [0, 0.05) is 37.4 Å². The lowest BCUT2D eigenvalue weighted by molar-refractivity contribution is 0.814. The number of hydrogen-bond acceptors (Lipinski definition) is 3. The Labute approximate surface area is 137 Å². The molecule has 4 nitrogen and oxygen atoms in total. The van der Waals surface area contributed by atoms with Crippen molar-refractivity contribution in [3.8, 4) is 0 Å². The summed E-state index contributed by atoms with van der Waals surface area (Å²) in [4.78, 5) is 9.12. The van der Waals surface area contributed by atoms with E-state index >= 15 is 0 Å². The van der Waals surface area contributed by atoms with Gasteiger partial charge in [0.25, 0.3) is 0 Å². The molecule has 0 unspecified atom stereocenters. The summed E-state index contributed by atoms with van der Waals surface area (Å²) in [5, 5.41) is 9.79. The van der Waals surface area contributed by atoms with Gasteiger partial charge in [-0.05, 0) is 13.8 Å². The average Bonchev–Trinajstić information content (AvgIpc) is 2.78. The summed E-state index contributed by atoms with van der Waals surface area (Å²) in [6.07, 6.45) is 0.906. The van der Waals surface area contributed by atoms with E-state index in [-0.39, 0.29) is 24.0 Å². The molecule has 0 amide bonds. The van der Waals surface area contributed by atoms with Crippen molar-refractivity contribution in [2.45, 2.75) is 40.0 Å². The van der Waals surface area contributed by atoms with Crippen LogP contribution in [0.15, 0.2) is 10.4 Å². The molecule has 0 saturated heterocycles. The van der Waals surface area contributed by atoms with E-state index in [1.54, 1.807) is 11.3 Å². The number of thiazole rings is 1. The third kappa shape index (κ3) is 7.10. The van der Waals surface area contributed by atoms with Crippen LogP contribution in [0.5, 0.6) is 0 Å². The molecule has 1 heterocycles. The predicted molar refractivity (Wildman–Crippen MR) is 95.0 cm³/mol. The molecule has 2 N–H and O–H groups in total. The smallest absolute Gasteiger partial charge is 0.191 e. The molecule has 0 atom stereocenters. The maximum Gasteiger partial charge on any atom is 0.191 e. The van der Waals surface area contributed by atoms with Crippen molar-refractivity contribution in [1.82, 2.24) is 15.6 Å². The van der Waals surface area contributed by atoms with Gasteiger partial charge in [-0.2, -0.15) is 0 Å². The number of nitrogens with one attached hydrogen (secondary N) is 2. The van der Waals surface area contributed by atoms with Crippen LogP contribution < -0.4 is 10.6 Å². The normalized spacial score (nSPS) is 9.95. The summed E-state index contributed by atoms with van der Waals surface area (Å²) >= 11 is 1.75. The zero-order valence-corrected chi connectivity index (χ0v) is 15.3. The van der Waals surface area contributed by atoms with Crippen LogP contribution in [0.25, 0.3) is 0 Å². The van der Waals surface area contributed by atoms with Gasteiger partial charge in [-0.1, -0.05) is 13.8 Å². The second kappa shape index (κ2) is 10.4. The average molecular weight is 396 g/mol. The highest BCUT2D eigenvalue weighted by Crippen LogP contribution is 2.19. The second-order valence-electron chi connectivity index (χ2n) is 4.37. The zero-order chi connectivity index (χ0) is 13.4. The van der Waals surface area contributed by atoms with E-state index in [0.29, 0.717) is 5.92 Å². The van der Waals surface area contributed by atoms with Crippen LogP contribution in [0.3, 0.4) is 0 Å². The lowest BCUT2D eigenvalue weighted by Gasteiger charge is -2.08. The summed E-state index contributed by atoms with van der Waals surface area (Å²) in [5.41, 5.74) is 1.15. The van der Waals surface area contributed by atoms with Gasteiger partial charge in [0.05, 0.1) is 10.7 Å². The fourth-order valence-corrected chi connectivity index (χ4v) is 2.36. The SMILES string of the molecule is CCNC(=NCCc1csc(C(C)C)n1)NCC.I. The molecule has 0 spiro atoms. The molecule has 0 aliphatic heterocycles. The van der Waals surface area contributed by atoms with E-state index in [1.165, 1.54) is 5.01 Å². The molecule has 0 radical (unpaired) electrons. The Bertz CT molecular complexity index is 368. The first-order valence-electron chi connectivity index (χ1n) is 6.63. The summed E-state index contributed by atoms with van der Waals surface area (Å²) in [6.45, 7) is 11.0. The molecule has 0 aliphatic carbocycles. The highest BCUT2D eigenvalue weighted by molar-refractivity contribution is 14.0. The third-order valence-corrected chi connectivity index (χ3v) is 3.58. The van der Waals surface area contributed by atoms with Crippen LogP contribution >= 0.6 is 35.3 Å². The Kier molecular flexibility index (Phi) is 10.2. The van der Waals surface area contributed by atoms with E-state index in [9.17, 15) is 0 Å². The first-order chi connectivity index (χ1) is 8.67. The van der Waals surface area contributed by atoms with Gasteiger partial charge in [-0.25, -0.2) is 4.98 Å². The van der Waals surface area contributed by atoms with E-state index in [1.807, 2.05) is 0 Å². The topological polar surface area (TPSA) is 49.3 Å². The Morgan fingerprint density at radius 1 is 1.32 bits per heavy atom. The van der Waals surface area contributed by atoms with Crippen LogP contribution in [0.4, 0.5) is 0 Å². The van der Waals surface area contributed by atoms with Crippen LogP contribution in [-0.4, -0.2) is 30.6 Å². The van der Waals surface area contributed by atoms with E-state index in [2.05, 4.69) is 53.7 Å². The molecule has 6 heteroatoms. The predicted octanol–water partition coefficient (Wildman–Crippen LogP) is 3.00. The Morgan fingerprint density at radius 3 is 2.42 bits per heavy atom. The summed E-state index contributed by atoms with van der Waals surface area (Å²) in [6, 6.07) is 0. The zero-order valence-electron chi connectivity index (χ0n) is 12.2. The van der Waals surface area contributed by atoms with E-state index in [4.69, 9.17) is 0 Å². The van der Waals surface area contributed by atoms with Crippen molar-refractivity contribution >= 4 is 41.3 Å². The molecule has 0 saturated carbocycles. The number of guanidine groups is 1. The molecule has 1 aromatic rings. The van der Waals surface area contributed by atoms with Gasteiger partial charge in [-0.3, -0.25) is 4.99 Å². The van der Waals surface area contributed by atoms with Gasteiger partial charge in [0.15, 0.2) is 5.96 Å². The molecular weight excluding hydrogens is 371 g/mol. The summed E-state index contributed by atoms with van der Waals surface area (Å²) in [7, 11) is 0. The minimum Gasteiger partial charge on any atom is -0.357 e. The monoisotopic (exact) mass is 396 g/mol. The molecule has 110 valence electrons. The van der Waals surface area contributed by atoms with Gasteiger partial charge < -0.3 is 10.6 Å². The molecule has 1 aromatic heterocycles. The lowest BCUT2D eigenvalue weighted by Crippen LogP contribution is -2.37. The Morgan fingerprint density at radius 2 is 1.95 bits per heavy atom. The molecule has 0 aromatic carbocycles. The van der Waals surface area contributed by atoms with Crippen molar-refractivity contribution in [2.24, 2.45) is 4.99 Å². The number of aliphatic imine (C=N–C) groups is 1. The number of nitrogens with zero attached hydrogens (tertiary/aromatic N) is 2. The molecule has 0 fully saturated rings. The van der Waals surface area contributed by atoms with Crippen LogP contribution in [0.1, 0.15) is 44.3 Å².